The van der Waals surface area contributed by atoms with Gasteiger partial charge < -0.3 is 19.5 Å². The van der Waals surface area contributed by atoms with E-state index in [1.165, 1.54) is 5.57 Å². The fraction of sp³-hybridized carbons (Fsp3) is 0.800. The molecule has 0 aromatic carbocycles. The summed E-state index contributed by atoms with van der Waals surface area (Å²) in [4.78, 5) is 0. The van der Waals surface area contributed by atoms with Crippen LogP contribution in [0.25, 0.3) is 0 Å². The third kappa shape index (κ3) is 2.70. The van der Waals surface area contributed by atoms with Gasteiger partial charge in [-0.1, -0.05) is 0 Å². The first kappa shape index (κ1) is 11.5. The van der Waals surface area contributed by atoms with Gasteiger partial charge in [-0.15, -0.1) is 0 Å². The molecule has 1 aliphatic rings. The van der Waals surface area contributed by atoms with Crippen molar-refractivity contribution in [2.24, 2.45) is 0 Å². The van der Waals surface area contributed by atoms with Gasteiger partial charge in [0, 0.05) is 14.2 Å². The number of rotatable bonds is 5. The zero-order valence-electron chi connectivity index (χ0n) is 9.08. The third-order valence-corrected chi connectivity index (χ3v) is 2.41. The number of likely N-dealkylation sites (N-methyl/N-ethyl adjacent to an activating group) is 1. The van der Waals surface area contributed by atoms with Gasteiger partial charge in [-0.05, 0) is 25.5 Å². The minimum atomic E-state index is -0.257. The number of ether oxygens (including phenoxy) is 3. The second-order valence-electron chi connectivity index (χ2n) is 3.27. The molecular formula is C10H19NO3. The minimum Gasteiger partial charge on any atom is -0.501 e. The molecule has 1 N–H and O–H groups in total. The number of hydrogen-bond acceptors (Lipinski definition) is 4. The molecule has 0 radical (unpaired) electrons. The van der Waals surface area contributed by atoms with Gasteiger partial charge in [-0.25, -0.2) is 0 Å². The Labute approximate surface area is 85.2 Å². The summed E-state index contributed by atoms with van der Waals surface area (Å²) < 4.78 is 15.7. The Kier molecular flexibility index (Phi) is 4.93. The molecule has 0 spiro atoms. The molecule has 0 amide bonds. The average Bonchev–Trinajstić information content (AvgIpc) is 2.27. The number of methoxy groups -OCH3 is 2. The summed E-state index contributed by atoms with van der Waals surface area (Å²) in [7, 11) is 5.18. The summed E-state index contributed by atoms with van der Waals surface area (Å²) in [6, 6.07) is 0.0744. The Morgan fingerprint density at radius 3 is 2.57 bits per heavy atom. The van der Waals surface area contributed by atoms with E-state index < -0.39 is 0 Å². The first-order chi connectivity index (χ1) is 6.83. The predicted molar refractivity (Wildman–Crippen MR) is 53.9 cm³/mol. The lowest BCUT2D eigenvalue weighted by atomic mass is 10.0. The highest BCUT2D eigenvalue weighted by Gasteiger charge is 2.24. The van der Waals surface area contributed by atoms with E-state index in [1.54, 1.807) is 14.2 Å². The van der Waals surface area contributed by atoms with Gasteiger partial charge in [0.05, 0.1) is 18.9 Å². The third-order valence-electron chi connectivity index (χ3n) is 2.41. The van der Waals surface area contributed by atoms with E-state index in [0.717, 1.165) is 19.4 Å². The lowest BCUT2D eigenvalue weighted by Crippen LogP contribution is -2.42. The van der Waals surface area contributed by atoms with Gasteiger partial charge in [0.15, 0.2) is 6.29 Å². The molecule has 0 aromatic rings. The highest BCUT2D eigenvalue weighted by molar-refractivity contribution is 5.11. The van der Waals surface area contributed by atoms with Crippen molar-refractivity contribution in [1.29, 1.82) is 0 Å². The van der Waals surface area contributed by atoms with E-state index in [0.29, 0.717) is 0 Å². The van der Waals surface area contributed by atoms with Crippen molar-refractivity contribution in [1.82, 2.24) is 5.32 Å². The Balaban J connectivity index is 2.63. The maximum atomic E-state index is 5.29. The average molecular weight is 201 g/mol. The first-order valence-corrected chi connectivity index (χ1v) is 4.87. The number of hydrogen-bond donors (Lipinski definition) is 1. The highest BCUT2D eigenvalue weighted by Crippen LogP contribution is 2.19. The van der Waals surface area contributed by atoms with Crippen LogP contribution in [-0.2, 0) is 14.2 Å². The van der Waals surface area contributed by atoms with Crippen LogP contribution in [0.15, 0.2) is 11.8 Å². The fourth-order valence-corrected chi connectivity index (χ4v) is 1.68. The monoisotopic (exact) mass is 201 g/mol. The summed E-state index contributed by atoms with van der Waals surface area (Å²) in [6.07, 6.45) is 3.65. The molecule has 0 aromatic heterocycles. The molecule has 1 atom stereocenters. The fourth-order valence-electron chi connectivity index (χ4n) is 1.68. The molecule has 0 saturated heterocycles. The molecule has 4 nitrogen and oxygen atoms in total. The van der Waals surface area contributed by atoms with Gasteiger partial charge in [0.2, 0.25) is 0 Å². The zero-order chi connectivity index (χ0) is 10.4. The molecule has 0 bridgehead atoms. The molecule has 0 fully saturated rings. The topological polar surface area (TPSA) is 39.7 Å². The quantitative estimate of drug-likeness (QED) is 0.670. The van der Waals surface area contributed by atoms with E-state index in [4.69, 9.17) is 14.2 Å². The van der Waals surface area contributed by atoms with Crippen LogP contribution in [0.4, 0.5) is 0 Å². The molecular weight excluding hydrogens is 182 g/mol. The van der Waals surface area contributed by atoms with Gasteiger partial charge in [-0.3, -0.25) is 0 Å². The van der Waals surface area contributed by atoms with Crippen LogP contribution in [0.1, 0.15) is 12.8 Å². The van der Waals surface area contributed by atoms with Crippen molar-refractivity contribution < 1.29 is 14.2 Å². The van der Waals surface area contributed by atoms with Crippen LogP contribution in [0.3, 0.4) is 0 Å². The van der Waals surface area contributed by atoms with Crippen molar-refractivity contribution in [3.63, 3.8) is 0 Å². The Bertz CT molecular complexity index is 190. The SMILES string of the molecule is CNC(C1=COCCC1)C(OC)OC. The van der Waals surface area contributed by atoms with E-state index in [-0.39, 0.29) is 12.3 Å². The molecule has 1 unspecified atom stereocenters. The Morgan fingerprint density at radius 1 is 1.43 bits per heavy atom. The molecule has 4 heteroatoms. The van der Waals surface area contributed by atoms with Crippen molar-refractivity contribution in [2.45, 2.75) is 25.2 Å². The number of nitrogens with one attached hydrogen (secondary N) is 1. The Hall–Kier alpha value is -0.580. The van der Waals surface area contributed by atoms with E-state index >= 15 is 0 Å². The lowest BCUT2D eigenvalue weighted by Gasteiger charge is -2.28. The minimum absolute atomic E-state index is 0.0744. The smallest absolute Gasteiger partial charge is 0.176 e. The maximum absolute atomic E-state index is 5.29. The van der Waals surface area contributed by atoms with Crippen molar-refractivity contribution in [3.05, 3.63) is 11.8 Å². The van der Waals surface area contributed by atoms with E-state index in [9.17, 15) is 0 Å². The van der Waals surface area contributed by atoms with Gasteiger partial charge in [0.25, 0.3) is 0 Å². The van der Waals surface area contributed by atoms with Crippen LogP contribution >= 0.6 is 0 Å². The van der Waals surface area contributed by atoms with Crippen molar-refractivity contribution in [3.8, 4) is 0 Å². The molecule has 14 heavy (non-hydrogen) atoms. The summed E-state index contributed by atoms with van der Waals surface area (Å²) in [5.74, 6) is 0. The van der Waals surface area contributed by atoms with Crippen LogP contribution in [0.5, 0.6) is 0 Å². The summed E-state index contributed by atoms with van der Waals surface area (Å²) in [6.45, 7) is 0.810. The standard InChI is InChI=1S/C10H19NO3/c1-11-9(10(12-2)13-3)8-5-4-6-14-7-8/h7,9-11H,4-6H2,1-3H3. The van der Waals surface area contributed by atoms with Crippen LogP contribution in [0.2, 0.25) is 0 Å². The van der Waals surface area contributed by atoms with Crippen LogP contribution in [-0.4, -0.2) is 40.2 Å². The molecule has 0 saturated carbocycles. The highest BCUT2D eigenvalue weighted by atomic mass is 16.7. The molecule has 82 valence electrons. The predicted octanol–water partition coefficient (Wildman–Crippen LogP) is 0.888. The lowest BCUT2D eigenvalue weighted by molar-refractivity contribution is -0.116. The van der Waals surface area contributed by atoms with Gasteiger partial charge in [0.1, 0.15) is 0 Å². The molecule has 1 aliphatic heterocycles. The van der Waals surface area contributed by atoms with Gasteiger partial charge >= 0.3 is 0 Å². The summed E-state index contributed by atoms with van der Waals surface area (Å²) in [5.41, 5.74) is 1.20. The maximum Gasteiger partial charge on any atom is 0.176 e. The molecule has 1 rings (SSSR count). The zero-order valence-corrected chi connectivity index (χ0v) is 9.08. The van der Waals surface area contributed by atoms with E-state index in [1.807, 2.05) is 13.3 Å². The van der Waals surface area contributed by atoms with Crippen molar-refractivity contribution in [2.75, 3.05) is 27.9 Å². The molecule has 0 aliphatic carbocycles. The van der Waals surface area contributed by atoms with Crippen molar-refractivity contribution >= 4 is 0 Å². The van der Waals surface area contributed by atoms with Gasteiger partial charge in [-0.2, -0.15) is 0 Å². The van der Waals surface area contributed by atoms with E-state index in [2.05, 4.69) is 5.32 Å². The Morgan fingerprint density at radius 2 is 2.14 bits per heavy atom. The largest absolute Gasteiger partial charge is 0.501 e. The summed E-state index contributed by atoms with van der Waals surface area (Å²) >= 11 is 0. The van der Waals surface area contributed by atoms with Crippen LogP contribution in [0, 0.1) is 0 Å². The second kappa shape index (κ2) is 6.01. The van der Waals surface area contributed by atoms with Crippen LogP contribution < -0.4 is 5.32 Å². The summed E-state index contributed by atoms with van der Waals surface area (Å²) in [5, 5.41) is 3.18. The molecule has 1 heterocycles. The normalized spacial score (nSPS) is 19.0. The second-order valence-corrected chi connectivity index (χ2v) is 3.27. The first-order valence-electron chi connectivity index (χ1n) is 4.87.